The van der Waals surface area contributed by atoms with E-state index in [4.69, 9.17) is 20.2 Å². The van der Waals surface area contributed by atoms with Crippen molar-refractivity contribution in [3.63, 3.8) is 0 Å². The summed E-state index contributed by atoms with van der Waals surface area (Å²) in [7, 11) is 1.42. The van der Waals surface area contributed by atoms with E-state index >= 15 is 0 Å². The summed E-state index contributed by atoms with van der Waals surface area (Å²) in [6.45, 7) is 8.01. The summed E-state index contributed by atoms with van der Waals surface area (Å²) in [6.07, 6.45) is 0.903. The van der Waals surface area contributed by atoms with Crippen molar-refractivity contribution in [3.05, 3.63) is 18.0 Å². The molecule has 0 bridgehead atoms. The molecule has 0 aliphatic rings. The van der Waals surface area contributed by atoms with Gasteiger partial charge in [-0.05, 0) is 33.8 Å². The second-order valence-electron chi connectivity index (χ2n) is 4.88. The molecule has 0 radical (unpaired) electrons. The number of esters is 1. The van der Waals surface area contributed by atoms with Crippen molar-refractivity contribution in [2.24, 2.45) is 0 Å². The van der Waals surface area contributed by atoms with Gasteiger partial charge in [0.15, 0.2) is 0 Å². The van der Waals surface area contributed by atoms with E-state index in [0.29, 0.717) is 6.61 Å². The van der Waals surface area contributed by atoms with Gasteiger partial charge in [0.25, 0.3) is 9.05 Å². The highest BCUT2D eigenvalue weighted by Crippen LogP contribution is 2.22. The molecular weight excluding hydrogens is 318 g/mol. The molecule has 21 heavy (non-hydrogen) atoms. The fourth-order valence-corrected chi connectivity index (χ4v) is 2.48. The first-order chi connectivity index (χ1) is 9.66. The number of hydrogen-bond donors (Lipinski definition) is 0. The average Bonchev–Trinajstić information content (AvgIpc) is 2.81. The molecule has 1 aromatic rings. The first kappa shape index (κ1) is 18.0. The van der Waals surface area contributed by atoms with Crippen LogP contribution in [-0.4, -0.2) is 38.3 Å². The van der Waals surface area contributed by atoms with E-state index in [0.717, 1.165) is 0 Å². The Morgan fingerprint density at radius 1 is 1.38 bits per heavy atom. The number of rotatable bonds is 7. The molecule has 120 valence electrons. The van der Waals surface area contributed by atoms with Crippen molar-refractivity contribution in [1.29, 1.82) is 0 Å². The lowest BCUT2D eigenvalue weighted by molar-refractivity contribution is 0.00335. The Labute approximate surface area is 129 Å². The van der Waals surface area contributed by atoms with Gasteiger partial charge in [-0.2, -0.15) is 0 Å². The summed E-state index contributed by atoms with van der Waals surface area (Å²) in [5.41, 5.74) is 0.146. The number of halogens is 1. The highest BCUT2D eigenvalue weighted by molar-refractivity contribution is 8.13. The van der Waals surface area contributed by atoms with Gasteiger partial charge < -0.3 is 14.0 Å². The Morgan fingerprint density at radius 3 is 2.48 bits per heavy atom. The van der Waals surface area contributed by atoms with Gasteiger partial charge in [-0.3, -0.25) is 0 Å². The number of carbonyl (C=O) groups excluding carboxylic acids is 1. The van der Waals surface area contributed by atoms with Crippen molar-refractivity contribution in [2.45, 2.75) is 44.7 Å². The number of nitrogens with zero attached hydrogens (tertiary/aromatic N) is 1. The molecule has 1 heterocycles. The number of carbonyl (C=O) groups is 1. The highest BCUT2D eigenvalue weighted by atomic mass is 35.7. The Hall–Kier alpha value is -1.05. The minimum atomic E-state index is -3.90. The van der Waals surface area contributed by atoms with Crippen molar-refractivity contribution in [2.75, 3.05) is 13.2 Å². The van der Waals surface area contributed by atoms with Crippen LogP contribution in [0.5, 0.6) is 0 Å². The molecule has 0 amide bonds. The van der Waals surface area contributed by atoms with Gasteiger partial charge in [0.1, 0.15) is 16.7 Å². The third-order valence-electron chi connectivity index (χ3n) is 2.74. The van der Waals surface area contributed by atoms with Crippen molar-refractivity contribution in [3.8, 4) is 0 Å². The maximum Gasteiger partial charge on any atom is 0.355 e. The van der Waals surface area contributed by atoms with E-state index in [2.05, 4.69) is 0 Å². The molecule has 0 saturated heterocycles. The van der Waals surface area contributed by atoms with Crippen LogP contribution in [0.1, 0.15) is 44.2 Å². The van der Waals surface area contributed by atoms with Gasteiger partial charge in [0.05, 0.1) is 6.61 Å². The van der Waals surface area contributed by atoms with Crippen molar-refractivity contribution in [1.82, 2.24) is 4.57 Å². The van der Waals surface area contributed by atoms with Gasteiger partial charge in [0, 0.05) is 29.5 Å². The molecule has 0 spiro atoms. The fourth-order valence-electron chi connectivity index (χ4n) is 1.74. The largest absolute Gasteiger partial charge is 0.456 e. The molecule has 0 aromatic carbocycles. The molecule has 1 rings (SSSR count). The molecule has 0 aliphatic carbocycles. The van der Waals surface area contributed by atoms with E-state index in [-0.39, 0.29) is 23.2 Å². The predicted molar refractivity (Wildman–Crippen MR) is 79.2 cm³/mol. The topological polar surface area (TPSA) is 74.6 Å². The standard InChI is InChI=1S/C13H20ClNO5S/c1-5-19-8-10(4)20-13(16)12-6-11(21(14,17)18)7-15(12)9(2)3/h6-7,9-10H,5,8H2,1-4H3. The van der Waals surface area contributed by atoms with Crippen LogP contribution < -0.4 is 0 Å². The van der Waals surface area contributed by atoms with Crippen LogP contribution in [0.2, 0.25) is 0 Å². The van der Waals surface area contributed by atoms with Crippen molar-refractivity contribution >= 4 is 25.7 Å². The third-order valence-corrected chi connectivity index (χ3v) is 4.06. The van der Waals surface area contributed by atoms with Crippen LogP contribution in [0.25, 0.3) is 0 Å². The quantitative estimate of drug-likeness (QED) is 0.564. The van der Waals surface area contributed by atoms with E-state index < -0.39 is 21.1 Å². The lowest BCUT2D eigenvalue weighted by atomic mass is 10.3. The van der Waals surface area contributed by atoms with E-state index in [1.165, 1.54) is 16.8 Å². The molecule has 0 aliphatic heterocycles. The lowest BCUT2D eigenvalue weighted by Crippen LogP contribution is -2.22. The Kier molecular flexibility index (Phi) is 6.24. The molecule has 0 N–H and O–H groups in total. The zero-order valence-electron chi connectivity index (χ0n) is 12.5. The molecule has 1 atom stereocenters. The highest BCUT2D eigenvalue weighted by Gasteiger charge is 2.23. The lowest BCUT2D eigenvalue weighted by Gasteiger charge is -2.15. The van der Waals surface area contributed by atoms with Gasteiger partial charge in [0.2, 0.25) is 0 Å². The second-order valence-corrected chi connectivity index (χ2v) is 7.44. The molecule has 0 fully saturated rings. The first-order valence-corrected chi connectivity index (χ1v) is 8.93. The SMILES string of the molecule is CCOCC(C)OC(=O)c1cc(S(=O)(=O)Cl)cn1C(C)C. The van der Waals surface area contributed by atoms with Crippen LogP contribution in [0.3, 0.4) is 0 Å². The van der Waals surface area contributed by atoms with Gasteiger partial charge in [-0.1, -0.05) is 0 Å². The number of aromatic nitrogens is 1. The Morgan fingerprint density at radius 2 is 2.00 bits per heavy atom. The molecule has 6 nitrogen and oxygen atoms in total. The minimum Gasteiger partial charge on any atom is -0.456 e. The van der Waals surface area contributed by atoms with Crippen LogP contribution >= 0.6 is 10.7 Å². The Bertz CT molecular complexity index is 594. The molecule has 0 saturated carbocycles. The number of ether oxygens (including phenoxy) is 2. The second kappa shape index (κ2) is 7.29. The predicted octanol–water partition coefficient (Wildman–Crippen LogP) is 2.58. The average molecular weight is 338 g/mol. The summed E-state index contributed by atoms with van der Waals surface area (Å²) in [5.74, 6) is -0.609. The monoisotopic (exact) mass is 337 g/mol. The van der Waals surface area contributed by atoms with E-state index in [1.54, 1.807) is 6.92 Å². The van der Waals surface area contributed by atoms with Crippen molar-refractivity contribution < 1.29 is 22.7 Å². The molecule has 8 heteroatoms. The van der Waals surface area contributed by atoms with Gasteiger partial charge in [-0.25, -0.2) is 13.2 Å². The minimum absolute atomic E-state index is 0.109. The summed E-state index contributed by atoms with van der Waals surface area (Å²) in [6, 6.07) is 1.11. The zero-order chi connectivity index (χ0) is 16.2. The maximum absolute atomic E-state index is 12.1. The van der Waals surface area contributed by atoms with E-state index in [9.17, 15) is 13.2 Å². The van der Waals surface area contributed by atoms with Crippen LogP contribution in [0.4, 0.5) is 0 Å². The van der Waals surface area contributed by atoms with Crippen LogP contribution in [0.15, 0.2) is 17.2 Å². The fraction of sp³-hybridized carbons (Fsp3) is 0.615. The first-order valence-electron chi connectivity index (χ1n) is 6.62. The third kappa shape index (κ3) is 5.01. The Balaban J connectivity index is 3.00. The van der Waals surface area contributed by atoms with Crippen LogP contribution in [-0.2, 0) is 18.5 Å². The zero-order valence-corrected chi connectivity index (χ0v) is 14.1. The van der Waals surface area contributed by atoms with Crippen LogP contribution in [0, 0.1) is 0 Å². The van der Waals surface area contributed by atoms with Gasteiger partial charge >= 0.3 is 5.97 Å². The summed E-state index contributed by atoms with van der Waals surface area (Å²) < 4.78 is 34.7. The number of hydrogen-bond acceptors (Lipinski definition) is 5. The van der Waals surface area contributed by atoms with E-state index in [1.807, 2.05) is 20.8 Å². The molecule has 1 aromatic heterocycles. The maximum atomic E-state index is 12.1. The normalized spacial score (nSPS) is 13.4. The summed E-state index contributed by atoms with van der Waals surface area (Å²) in [5, 5.41) is 0. The summed E-state index contributed by atoms with van der Waals surface area (Å²) >= 11 is 0. The van der Waals surface area contributed by atoms with Gasteiger partial charge in [-0.15, -0.1) is 0 Å². The molecule has 1 unspecified atom stereocenters. The molecular formula is C13H20ClNO5S. The summed E-state index contributed by atoms with van der Waals surface area (Å²) in [4.78, 5) is 12.0. The smallest absolute Gasteiger partial charge is 0.355 e.